The summed E-state index contributed by atoms with van der Waals surface area (Å²) in [4.78, 5) is 38.6. The molecule has 1 unspecified atom stereocenters. The number of benzene rings is 1. The molecule has 9 nitrogen and oxygen atoms in total. The molecule has 1 aliphatic heterocycles. The molecule has 3 N–H and O–H groups in total. The Kier molecular flexibility index (Phi) is 6.74. The molecule has 0 bridgehead atoms. The van der Waals surface area contributed by atoms with E-state index in [1.807, 2.05) is 0 Å². The monoisotopic (exact) mass is 473 g/mol. The van der Waals surface area contributed by atoms with Crippen LogP contribution in [0.5, 0.6) is 5.75 Å². The average molecular weight is 473 g/mol. The topological polar surface area (TPSA) is 121 Å². The smallest absolute Gasteiger partial charge is 0.419 e. The minimum atomic E-state index is -4.93. The molecule has 0 saturated heterocycles. The van der Waals surface area contributed by atoms with Gasteiger partial charge < -0.3 is 29.7 Å². The summed E-state index contributed by atoms with van der Waals surface area (Å²) in [6.45, 7) is -0.653. The molecule has 2 heterocycles. The first-order valence-electron chi connectivity index (χ1n) is 9.54. The normalized spacial score (nSPS) is 16.0. The fourth-order valence-corrected chi connectivity index (χ4v) is 3.34. The highest BCUT2D eigenvalue weighted by atomic mass is 19.4. The Labute approximate surface area is 183 Å². The number of pyridine rings is 1. The lowest BCUT2D eigenvalue weighted by Gasteiger charge is -2.34. The maximum Gasteiger partial charge on any atom is 0.419 e. The molecule has 1 aromatic heterocycles. The van der Waals surface area contributed by atoms with Crippen molar-refractivity contribution in [3.63, 3.8) is 0 Å². The number of amides is 2. The van der Waals surface area contributed by atoms with Gasteiger partial charge in [0.05, 0.1) is 18.7 Å². The molecular formula is C20H19F4N3O6. The molecule has 2 aromatic rings. The van der Waals surface area contributed by atoms with Crippen molar-refractivity contribution in [1.82, 2.24) is 14.8 Å². The first-order valence-corrected chi connectivity index (χ1v) is 9.54. The van der Waals surface area contributed by atoms with Gasteiger partial charge in [0, 0.05) is 26.4 Å². The predicted molar refractivity (Wildman–Crippen MR) is 104 cm³/mol. The Morgan fingerprint density at radius 1 is 1.30 bits per heavy atom. The quantitative estimate of drug-likeness (QED) is 0.540. The second-order valence-electron chi connectivity index (χ2n) is 7.19. The van der Waals surface area contributed by atoms with Gasteiger partial charge in [-0.3, -0.25) is 14.4 Å². The van der Waals surface area contributed by atoms with Gasteiger partial charge >= 0.3 is 6.18 Å². The van der Waals surface area contributed by atoms with Crippen LogP contribution >= 0.6 is 0 Å². The number of fused-ring (bicyclic) bond motifs is 1. The van der Waals surface area contributed by atoms with Crippen LogP contribution in [-0.4, -0.2) is 58.0 Å². The summed E-state index contributed by atoms with van der Waals surface area (Å²) in [6, 6.07) is 2.16. The molecule has 0 spiro atoms. The van der Waals surface area contributed by atoms with Gasteiger partial charge in [-0.2, -0.15) is 13.2 Å². The lowest BCUT2D eigenvalue weighted by molar-refractivity contribution is -0.140. The summed E-state index contributed by atoms with van der Waals surface area (Å²) in [5, 5.41) is 22.7. The number of alkyl halides is 3. The molecule has 0 fully saturated rings. The number of nitrogens with zero attached hydrogens (tertiary/aromatic N) is 2. The number of carbonyl (C=O) groups excluding carboxylic acids is 2. The van der Waals surface area contributed by atoms with E-state index in [0.717, 1.165) is 21.7 Å². The first-order chi connectivity index (χ1) is 15.5. The summed E-state index contributed by atoms with van der Waals surface area (Å²) in [7, 11) is 1.39. The molecule has 1 aromatic carbocycles. The van der Waals surface area contributed by atoms with Gasteiger partial charge in [0.2, 0.25) is 5.43 Å². The molecule has 0 radical (unpaired) electrons. The van der Waals surface area contributed by atoms with Crippen LogP contribution in [0, 0.1) is 5.82 Å². The summed E-state index contributed by atoms with van der Waals surface area (Å²) in [5.41, 5.74) is -3.79. The van der Waals surface area contributed by atoms with Crippen molar-refractivity contribution in [2.24, 2.45) is 0 Å². The van der Waals surface area contributed by atoms with Gasteiger partial charge in [0.25, 0.3) is 11.8 Å². The Hall–Kier alpha value is -3.45. The van der Waals surface area contributed by atoms with Crippen LogP contribution in [0.15, 0.2) is 29.2 Å². The van der Waals surface area contributed by atoms with Crippen molar-refractivity contribution >= 4 is 11.8 Å². The third kappa shape index (κ3) is 4.83. The third-order valence-corrected chi connectivity index (χ3v) is 5.01. The molecule has 1 aliphatic rings. The van der Waals surface area contributed by atoms with Crippen LogP contribution in [0.25, 0.3) is 0 Å². The maximum atomic E-state index is 13.4. The minimum Gasteiger partial charge on any atom is -0.503 e. The number of nitrogens with one attached hydrogen (secondary N) is 1. The molecule has 3 rings (SSSR count). The second kappa shape index (κ2) is 9.19. The van der Waals surface area contributed by atoms with Gasteiger partial charge in [0.15, 0.2) is 11.4 Å². The number of rotatable bonds is 6. The highest BCUT2D eigenvalue weighted by Gasteiger charge is 2.36. The van der Waals surface area contributed by atoms with Gasteiger partial charge in [-0.1, -0.05) is 6.07 Å². The number of aliphatic hydroxyl groups is 1. The highest BCUT2D eigenvalue weighted by molar-refractivity contribution is 5.99. The van der Waals surface area contributed by atoms with Crippen LogP contribution in [0.3, 0.4) is 0 Å². The highest BCUT2D eigenvalue weighted by Crippen LogP contribution is 2.32. The third-order valence-electron chi connectivity index (χ3n) is 5.01. The van der Waals surface area contributed by atoms with Crippen molar-refractivity contribution < 1.29 is 42.1 Å². The number of hydrogen-bond acceptors (Lipinski definition) is 6. The molecule has 0 saturated carbocycles. The molecule has 1 atom stereocenters. The van der Waals surface area contributed by atoms with Gasteiger partial charge in [0.1, 0.15) is 17.6 Å². The first kappa shape index (κ1) is 24.2. The summed E-state index contributed by atoms with van der Waals surface area (Å²) in [6.07, 6.45) is -5.29. The van der Waals surface area contributed by atoms with E-state index in [9.17, 15) is 42.2 Å². The number of halogens is 4. The van der Waals surface area contributed by atoms with Crippen molar-refractivity contribution in [3.8, 4) is 5.75 Å². The van der Waals surface area contributed by atoms with Gasteiger partial charge in [-0.05, 0) is 17.7 Å². The lowest BCUT2D eigenvalue weighted by Crippen LogP contribution is -2.50. The van der Waals surface area contributed by atoms with Crippen LogP contribution in [0.4, 0.5) is 17.6 Å². The maximum absolute atomic E-state index is 13.4. The molecule has 33 heavy (non-hydrogen) atoms. The van der Waals surface area contributed by atoms with Crippen LogP contribution in [0.1, 0.15) is 32.0 Å². The minimum absolute atomic E-state index is 0.00997. The SMILES string of the molecule is COCCN1C(=O)c2c(O)c(=O)c(C(=O)NCc3ccc(F)c(C(F)(F)F)c3)cn2CC1O. The van der Waals surface area contributed by atoms with Crippen LogP contribution < -0.4 is 10.7 Å². The Morgan fingerprint density at radius 2 is 2.00 bits per heavy atom. The zero-order chi connectivity index (χ0) is 24.5. The number of aromatic nitrogens is 1. The summed E-state index contributed by atoms with van der Waals surface area (Å²) >= 11 is 0. The number of aliphatic hydroxyl groups excluding tert-OH is 1. The van der Waals surface area contributed by atoms with Crippen molar-refractivity contribution in [2.45, 2.75) is 25.5 Å². The Balaban J connectivity index is 1.85. The van der Waals surface area contributed by atoms with E-state index < -0.39 is 64.6 Å². The van der Waals surface area contributed by atoms with E-state index in [1.165, 1.54) is 7.11 Å². The van der Waals surface area contributed by atoms with Gasteiger partial charge in [-0.15, -0.1) is 0 Å². The standard InChI is InChI=1S/C20H19F4N3O6/c1-33-5-4-27-14(28)9-26-8-11(16(29)17(30)15(26)19(27)32)18(31)25-7-10-2-3-13(21)12(6-10)20(22,23)24/h2-3,6,8,14,28,30H,4-5,7,9H2,1H3,(H,25,31). The summed E-state index contributed by atoms with van der Waals surface area (Å²) < 4.78 is 57.9. The largest absolute Gasteiger partial charge is 0.503 e. The molecule has 2 amide bonds. The van der Waals surface area contributed by atoms with E-state index in [2.05, 4.69) is 5.32 Å². The Bertz CT molecular complexity index is 1150. The fourth-order valence-electron chi connectivity index (χ4n) is 3.34. The van der Waals surface area contributed by atoms with E-state index >= 15 is 0 Å². The number of methoxy groups -OCH3 is 1. The summed E-state index contributed by atoms with van der Waals surface area (Å²) in [5.74, 6) is -4.38. The number of hydrogen-bond donors (Lipinski definition) is 3. The van der Waals surface area contributed by atoms with E-state index in [-0.39, 0.29) is 25.3 Å². The van der Waals surface area contributed by atoms with Crippen molar-refractivity contribution in [1.29, 1.82) is 0 Å². The average Bonchev–Trinajstić information content (AvgIpc) is 2.74. The number of aromatic hydroxyl groups is 1. The zero-order valence-corrected chi connectivity index (χ0v) is 17.1. The van der Waals surface area contributed by atoms with Gasteiger partial charge in [-0.25, -0.2) is 4.39 Å². The lowest BCUT2D eigenvalue weighted by atomic mass is 10.1. The predicted octanol–water partition coefficient (Wildman–Crippen LogP) is 1.06. The zero-order valence-electron chi connectivity index (χ0n) is 17.1. The van der Waals surface area contributed by atoms with Crippen molar-refractivity contribution in [3.05, 3.63) is 62.8 Å². The molecule has 0 aliphatic carbocycles. The van der Waals surface area contributed by atoms with Crippen LogP contribution in [-0.2, 0) is 24.0 Å². The number of carbonyl (C=O) groups is 2. The number of ether oxygens (including phenoxy) is 1. The molecular weight excluding hydrogens is 454 g/mol. The fraction of sp³-hybridized carbons (Fsp3) is 0.350. The molecule has 178 valence electrons. The van der Waals surface area contributed by atoms with Crippen molar-refractivity contribution in [2.75, 3.05) is 20.3 Å². The molecule has 13 heteroatoms. The second-order valence-corrected chi connectivity index (χ2v) is 7.19. The van der Waals surface area contributed by atoms with E-state index in [4.69, 9.17) is 4.74 Å². The van der Waals surface area contributed by atoms with Crippen LogP contribution in [0.2, 0.25) is 0 Å². The van der Waals surface area contributed by atoms with E-state index in [1.54, 1.807) is 0 Å². The van der Waals surface area contributed by atoms with E-state index in [0.29, 0.717) is 12.1 Å². The Morgan fingerprint density at radius 3 is 2.64 bits per heavy atom.